The molecule has 2 heterocycles. The predicted octanol–water partition coefficient (Wildman–Crippen LogP) is 0.254. The van der Waals surface area contributed by atoms with E-state index in [1.54, 1.807) is 17.2 Å². The van der Waals surface area contributed by atoms with Gasteiger partial charge in [0, 0.05) is 25.9 Å². The second kappa shape index (κ2) is 4.44. The molecule has 1 atom stereocenters. The number of aliphatic hydroxyl groups is 1. The minimum atomic E-state index is -0.0225. The van der Waals surface area contributed by atoms with Crippen LogP contribution >= 0.6 is 0 Å². The lowest BCUT2D eigenvalue weighted by Gasteiger charge is -2.31. The van der Waals surface area contributed by atoms with Gasteiger partial charge in [0.25, 0.3) is 5.91 Å². The van der Waals surface area contributed by atoms with E-state index in [0.717, 1.165) is 19.4 Å². The number of hydrogen-bond donors (Lipinski definition) is 2. The van der Waals surface area contributed by atoms with E-state index in [0.29, 0.717) is 12.2 Å². The molecular weight excluding hydrogens is 194 g/mol. The summed E-state index contributed by atoms with van der Waals surface area (Å²) in [5, 5.41) is 15.5. The molecule has 1 aliphatic heterocycles. The van der Waals surface area contributed by atoms with E-state index >= 15 is 0 Å². The largest absolute Gasteiger partial charge is 0.396 e. The first-order chi connectivity index (χ1) is 7.31. The van der Waals surface area contributed by atoms with Crippen LogP contribution < -0.4 is 0 Å². The summed E-state index contributed by atoms with van der Waals surface area (Å²) in [7, 11) is 0. The number of carbonyl (C=O) groups is 1. The molecule has 1 aliphatic rings. The molecule has 82 valence electrons. The topological polar surface area (TPSA) is 69.2 Å². The van der Waals surface area contributed by atoms with Crippen molar-refractivity contribution in [2.45, 2.75) is 12.8 Å². The number of hydrogen-bond acceptors (Lipinski definition) is 3. The molecule has 2 N–H and O–H groups in total. The SMILES string of the molecule is O=C(c1ccn[nH]1)N1CCCC(CO)C1. The number of nitrogens with zero attached hydrogens (tertiary/aromatic N) is 2. The number of piperidine rings is 1. The zero-order valence-electron chi connectivity index (χ0n) is 8.52. The predicted molar refractivity (Wildman–Crippen MR) is 54.3 cm³/mol. The monoisotopic (exact) mass is 209 g/mol. The molecule has 0 bridgehead atoms. The number of aliphatic hydroxyl groups excluding tert-OH is 1. The normalized spacial score (nSPS) is 21.7. The van der Waals surface area contributed by atoms with Gasteiger partial charge in [0.15, 0.2) is 0 Å². The van der Waals surface area contributed by atoms with E-state index in [-0.39, 0.29) is 18.4 Å². The van der Waals surface area contributed by atoms with Gasteiger partial charge in [-0.3, -0.25) is 9.89 Å². The summed E-state index contributed by atoms with van der Waals surface area (Å²) in [6.07, 6.45) is 3.54. The summed E-state index contributed by atoms with van der Waals surface area (Å²) in [6.45, 7) is 1.58. The molecule has 0 radical (unpaired) electrons. The Morgan fingerprint density at radius 1 is 1.73 bits per heavy atom. The molecule has 5 heteroatoms. The third-order valence-corrected chi connectivity index (χ3v) is 2.80. The van der Waals surface area contributed by atoms with E-state index in [9.17, 15) is 4.79 Å². The highest BCUT2D eigenvalue weighted by Crippen LogP contribution is 2.17. The van der Waals surface area contributed by atoms with E-state index in [1.165, 1.54) is 0 Å². The Hall–Kier alpha value is -1.36. The van der Waals surface area contributed by atoms with Gasteiger partial charge in [0.2, 0.25) is 0 Å². The molecule has 0 aromatic carbocycles. The second-order valence-electron chi connectivity index (χ2n) is 3.91. The summed E-state index contributed by atoms with van der Waals surface area (Å²) >= 11 is 0. The Labute approximate surface area is 88.1 Å². The Balaban J connectivity index is 2.01. The van der Waals surface area contributed by atoms with Crippen LogP contribution in [0.15, 0.2) is 12.3 Å². The summed E-state index contributed by atoms with van der Waals surface area (Å²) in [6, 6.07) is 1.67. The maximum atomic E-state index is 11.9. The lowest BCUT2D eigenvalue weighted by Crippen LogP contribution is -2.41. The fraction of sp³-hybridized carbons (Fsp3) is 0.600. The summed E-state index contributed by atoms with van der Waals surface area (Å²) in [5.74, 6) is 0.205. The molecule has 15 heavy (non-hydrogen) atoms. The van der Waals surface area contributed by atoms with Gasteiger partial charge in [-0.1, -0.05) is 0 Å². The zero-order chi connectivity index (χ0) is 10.7. The standard InChI is InChI=1S/C10H15N3O2/c14-7-8-2-1-5-13(6-8)10(15)9-3-4-11-12-9/h3-4,8,14H,1-2,5-7H2,(H,11,12). The molecule has 0 spiro atoms. The molecule has 1 unspecified atom stereocenters. The van der Waals surface area contributed by atoms with Crippen molar-refractivity contribution in [3.8, 4) is 0 Å². The van der Waals surface area contributed by atoms with Crippen LogP contribution in [0.5, 0.6) is 0 Å². The third-order valence-electron chi connectivity index (χ3n) is 2.80. The Kier molecular flexibility index (Phi) is 3.01. The van der Waals surface area contributed by atoms with Gasteiger partial charge >= 0.3 is 0 Å². The number of likely N-dealkylation sites (tertiary alicyclic amines) is 1. The number of H-pyrrole nitrogens is 1. The van der Waals surface area contributed by atoms with Gasteiger partial charge in [-0.05, 0) is 24.8 Å². The van der Waals surface area contributed by atoms with Gasteiger partial charge < -0.3 is 10.0 Å². The first-order valence-corrected chi connectivity index (χ1v) is 5.20. The Morgan fingerprint density at radius 3 is 3.27 bits per heavy atom. The van der Waals surface area contributed by atoms with Crippen LogP contribution in [-0.2, 0) is 0 Å². The van der Waals surface area contributed by atoms with Crippen LogP contribution in [0.2, 0.25) is 0 Å². The maximum absolute atomic E-state index is 11.9. The Bertz CT molecular complexity index is 323. The average molecular weight is 209 g/mol. The van der Waals surface area contributed by atoms with E-state index in [4.69, 9.17) is 5.11 Å². The van der Waals surface area contributed by atoms with Crippen LogP contribution in [0.4, 0.5) is 0 Å². The molecule has 2 rings (SSSR count). The van der Waals surface area contributed by atoms with Gasteiger partial charge in [0.05, 0.1) is 0 Å². The molecule has 1 aromatic rings. The van der Waals surface area contributed by atoms with Gasteiger partial charge in [-0.15, -0.1) is 0 Å². The van der Waals surface area contributed by atoms with Crippen LogP contribution in [0.3, 0.4) is 0 Å². The van der Waals surface area contributed by atoms with Crippen molar-refractivity contribution in [2.24, 2.45) is 5.92 Å². The van der Waals surface area contributed by atoms with Crippen molar-refractivity contribution in [1.82, 2.24) is 15.1 Å². The summed E-state index contributed by atoms with van der Waals surface area (Å²) < 4.78 is 0. The zero-order valence-corrected chi connectivity index (χ0v) is 8.52. The van der Waals surface area contributed by atoms with Crippen LogP contribution in [0, 0.1) is 5.92 Å². The molecule has 1 amide bonds. The van der Waals surface area contributed by atoms with E-state index < -0.39 is 0 Å². The van der Waals surface area contributed by atoms with Gasteiger partial charge in [0.1, 0.15) is 5.69 Å². The first-order valence-electron chi connectivity index (χ1n) is 5.20. The summed E-state index contributed by atoms with van der Waals surface area (Å²) in [5.41, 5.74) is 0.522. The lowest BCUT2D eigenvalue weighted by molar-refractivity contribution is 0.0615. The molecule has 0 aliphatic carbocycles. The van der Waals surface area contributed by atoms with Crippen molar-refractivity contribution < 1.29 is 9.90 Å². The third kappa shape index (κ3) is 2.18. The highest BCUT2D eigenvalue weighted by Gasteiger charge is 2.24. The van der Waals surface area contributed by atoms with E-state index in [1.807, 2.05) is 0 Å². The molecule has 5 nitrogen and oxygen atoms in total. The minimum absolute atomic E-state index is 0.0225. The van der Waals surface area contributed by atoms with Crippen molar-refractivity contribution in [3.63, 3.8) is 0 Å². The molecule has 1 fully saturated rings. The molecule has 1 aromatic heterocycles. The van der Waals surface area contributed by atoms with Gasteiger partial charge in [-0.2, -0.15) is 5.10 Å². The highest BCUT2D eigenvalue weighted by atomic mass is 16.3. The smallest absolute Gasteiger partial charge is 0.271 e. The first kappa shape index (κ1) is 10.2. The van der Waals surface area contributed by atoms with Crippen LogP contribution in [-0.4, -0.2) is 45.8 Å². The number of rotatable bonds is 2. The summed E-state index contributed by atoms with van der Waals surface area (Å²) in [4.78, 5) is 13.7. The van der Waals surface area contributed by atoms with Gasteiger partial charge in [-0.25, -0.2) is 0 Å². The number of aromatic amines is 1. The molecule has 0 saturated carbocycles. The number of nitrogens with one attached hydrogen (secondary N) is 1. The average Bonchev–Trinajstić information content (AvgIpc) is 2.81. The minimum Gasteiger partial charge on any atom is -0.396 e. The second-order valence-corrected chi connectivity index (χ2v) is 3.91. The maximum Gasteiger partial charge on any atom is 0.271 e. The number of carbonyl (C=O) groups excluding carboxylic acids is 1. The quantitative estimate of drug-likeness (QED) is 0.733. The van der Waals surface area contributed by atoms with Crippen LogP contribution in [0.25, 0.3) is 0 Å². The van der Waals surface area contributed by atoms with Crippen molar-refractivity contribution in [1.29, 1.82) is 0 Å². The van der Waals surface area contributed by atoms with Crippen molar-refractivity contribution in [2.75, 3.05) is 19.7 Å². The van der Waals surface area contributed by atoms with Crippen LogP contribution in [0.1, 0.15) is 23.3 Å². The highest BCUT2D eigenvalue weighted by molar-refractivity contribution is 5.92. The van der Waals surface area contributed by atoms with Crippen molar-refractivity contribution >= 4 is 5.91 Å². The number of amides is 1. The molecular formula is C10H15N3O2. The van der Waals surface area contributed by atoms with Crippen molar-refractivity contribution in [3.05, 3.63) is 18.0 Å². The fourth-order valence-corrected chi connectivity index (χ4v) is 1.94. The fourth-order valence-electron chi connectivity index (χ4n) is 1.94. The lowest BCUT2D eigenvalue weighted by atomic mass is 9.99. The Morgan fingerprint density at radius 2 is 2.60 bits per heavy atom. The molecule has 1 saturated heterocycles. The number of aromatic nitrogens is 2. The van der Waals surface area contributed by atoms with E-state index in [2.05, 4.69) is 10.2 Å².